The molecule has 4 heteroatoms. The van der Waals surface area contributed by atoms with Crippen LogP contribution in [0, 0.1) is 0 Å². The summed E-state index contributed by atoms with van der Waals surface area (Å²) >= 11 is 3.39. The van der Waals surface area contributed by atoms with Crippen molar-refractivity contribution in [1.82, 2.24) is 0 Å². The van der Waals surface area contributed by atoms with Crippen LogP contribution in [0.15, 0.2) is 34.8 Å². The molecule has 0 saturated heterocycles. The Kier molecular flexibility index (Phi) is 2.38. The summed E-state index contributed by atoms with van der Waals surface area (Å²) in [5.41, 5.74) is -0.346. The highest BCUT2D eigenvalue weighted by molar-refractivity contribution is 9.10. The number of phenolic OH excluding ortho intramolecular Hbond substituents is 1. The van der Waals surface area contributed by atoms with E-state index in [4.69, 9.17) is 0 Å². The molecule has 3 rings (SSSR count). The molecule has 0 spiro atoms. The maximum Gasteiger partial charge on any atom is 0.314 e. The van der Waals surface area contributed by atoms with Gasteiger partial charge in [-0.05, 0) is 47.9 Å². The standard InChI is InChI=1S/C14H11BrO3/c15-10-2-1-8-7-12(16)11(6-9(8)5-10)14(3-4-14)13(17)18/h1-2,5-7,16H,3-4H2,(H,17,18). The monoisotopic (exact) mass is 306 g/mol. The van der Waals surface area contributed by atoms with Crippen LogP contribution in [0.2, 0.25) is 0 Å². The number of aromatic hydroxyl groups is 1. The van der Waals surface area contributed by atoms with E-state index in [2.05, 4.69) is 15.9 Å². The second-order valence-electron chi connectivity index (χ2n) is 4.75. The number of carboxylic acids is 1. The Morgan fingerprint density at radius 3 is 2.50 bits per heavy atom. The summed E-state index contributed by atoms with van der Waals surface area (Å²) < 4.78 is 0.937. The third-order valence-corrected chi connectivity index (χ3v) is 4.09. The van der Waals surface area contributed by atoms with Gasteiger partial charge in [-0.1, -0.05) is 22.0 Å². The molecule has 3 nitrogen and oxygen atoms in total. The Bertz CT molecular complexity index is 659. The van der Waals surface area contributed by atoms with Gasteiger partial charge in [0, 0.05) is 10.0 Å². The van der Waals surface area contributed by atoms with E-state index >= 15 is 0 Å². The van der Waals surface area contributed by atoms with E-state index in [0.717, 1.165) is 15.2 Å². The largest absolute Gasteiger partial charge is 0.508 e. The number of rotatable bonds is 2. The van der Waals surface area contributed by atoms with Crippen molar-refractivity contribution in [3.8, 4) is 5.75 Å². The highest BCUT2D eigenvalue weighted by atomic mass is 79.9. The van der Waals surface area contributed by atoms with Crippen LogP contribution in [0.25, 0.3) is 10.8 Å². The third-order valence-electron chi connectivity index (χ3n) is 3.59. The summed E-state index contributed by atoms with van der Waals surface area (Å²) in [6, 6.07) is 9.14. The van der Waals surface area contributed by atoms with Crippen LogP contribution in [0.1, 0.15) is 18.4 Å². The SMILES string of the molecule is O=C(O)C1(c2cc3cc(Br)ccc3cc2O)CC1. The van der Waals surface area contributed by atoms with Crippen molar-refractivity contribution >= 4 is 32.7 Å². The first-order valence-electron chi connectivity index (χ1n) is 5.69. The van der Waals surface area contributed by atoms with E-state index in [1.807, 2.05) is 18.2 Å². The first-order chi connectivity index (χ1) is 8.53. The van der Waals surface area contributed by atoms with Crippen LogP contribution >= 0.6 is 15.9 Å². The quantitative estimate of drug-likeness (QED) is 0.894. The van der Waals surface area contributed by atoms with Crippen LogP contribution in [0.3, 0.4) is 0 Å². The fourth-order valence-electron chi connectivity index (χ4n) is 2.36. The molecule has 1 aliphatic carbocycles. The van der Waals surface area contributed by atoms with Gasteiger partial charge in [0.1, 0.15) is 5.75 Å². The zero-order valence-electron chi connectivity index (χ0n) is 9.48. The summed E-state index contributed by atoms with van der Waals surface area (Å²) in [6.07, 6.45) is 1.19. The van der Waals surface area contributed by atoms with Gasteiger partial charge in [-0.15, -0.1) is 0 Å². The molecule has 2 aromatic rings. The minimum Gasteiger partial charge on any atom is -0.508 e. The lowest BCUT2D eigenvalue weighted by Gasteiger charge is -2.13. The van der Waals surface area contributed by atoms with Crippen LogP contribution in [-0.2, 0) is 10.2 Å². The summed E-state index contributed by atoms with van der Waals surface area (Å²) in [5.74, 6) is -0.781. The summed E-state index contributed by atoms with van der Waals surface area (Å²) in [6.45, 7) is 0. The average molecular weight is 307 g/mol. The molecule has 2 aromatic carbocycles. The molecule has 0 unspecified atom stereocenters. The second-order valence-corrected chi connectivity index (χ2v) is 5.66. The van der Waals surface area contributed by atoms with E-state index in [9.17, 15) is 15.0 Å². The molecular formula is C14H11BrO3. The summed E-state index contributed by atoms with van der Waals surface area (Å²) in [7, 11) is 0. The van der Waals surface area contributed by atoms with Crippen molar-refractivity contribution in [1.29, 1.82) is 0 Å². The summed E-state index contributed by atoms with van der Waals surface area (Å²) in [5, 5.41) is 21.2. The smallest absolute Gasteiger partial charge is 0.314 e. The Morgan fingerprint density at radius 2 is 1.89 bits per heavy atom. The van der Waals surface area contributed by atoms with E-state index in [-0.39, 0.29) is 5.75 Å². The lowest BCUT2D eigenvalue weighted by atomic mass is 9.92. The van der Waals surface area contributed by atoms with Crippen molar-refractivity contribution in [3.05, 3.63) is 40.4 Å². The first-order valence-corrected chi connectivity index (χ1v) is 6.48. The molecule has 0 aliphatic heterocycles. The Balaban J connectivity index is 2.24. The normalized spacial score (nSPS) is 16.7. The molecule has 0 aromatic heterocycles. The molecule has 0 amide bonds. The topological polar surface area (TPSA) is 57.5 Å². The van der Waals surface area contributed by atoms with Crippen molar-refractivity contribution < 1.29 is 15.0 Å². The number of carbonyl (C=O) groups is 1. The maximum atomic E-state index is 11.3. The molecule has 1 aliphatic rings. The predicted octanol–water partition coefficient (Wildman–Crippen LogP) is 3.42. The Labute approximate surface area is 112 Å². The van der Waals surface area contributed by atoms with Gasteiger partial charge in [-0.2, -0.15) is 0 Å². The van der Waals surface area contributed by atoms with Gasteiger partial charge in [-0.3, -0.25) is 4.79 Å². The molecule has 0 bridgehead atoms. The number of hydrogen-bond acceptors (Lipinski definition) is 2. The minimum absolute atomic E-state index is 0.0738. The average Bonchev–Trinajstić information content (AvgIpc) is 3.10. The molecule has 1 saturated carbocycles. The van der Waals surface area contributed by atoms with Crippen LogP contribution in [0.5, 0.6) is 5.75 Å². The summed E-state index contributed by atoms with van der Waals surface area (Å²) in [4.78, 5) is 11.3. The molecule has 0 radical (unpaired) electrons. The van der Waals surface area contributed by atoms with Crippen LogP contribution in [0.4, 0.5) is 0 Å². The molecule has 18 heavy (non-hydrogen) atoms. The van der Waals surface area contributed by atoms with E-state index in [1.165, 1.54) is 0 Å². The molecule has 2 N–H and O–H groups in total. The van der Waals surface area contributed by atoms with Crippen LogP contribution in [-0.4, -0.2) is 16.2 Å². The highest BCUT2D eigenvalue weighted by Gasteiger charge is 2.53. The Hall–Kier alpha value is -1.55. The van der Waals surface area contributed by atoms with Gasteiger partial charge in [0.2, 0.25) is 0 Å². The third kappa shape index (κ3) is 1.60. The zero-order chi connectivity index (χ0) is 12.9. The van der Waals surface area contributed by atoms with Crippen molar-refractivity contribution in [3.63, 3.8) is 0 Å². The lowest BCUT2D eigenvalue weighted by molar-refractivity contribution is -0.140. The zero-order valence-corrected chi connectivity index (χ0v) is 11.1. The fourth-order valence-corrected chi connectivity index (χ4v) is 2.74. The van der Waals surface area contributed by atoms with Gasteiger partial charge in [-0.25, -0.2) is 0 Å². The second kappa shape index (κ2) is 3.72. The fraction of sp³-hybridized carbons (Fsp3) is 0.214. The number of phenols is 1. The molecule has 0 atom stereocenters. The van der Waals surface area contributed by atoms with Crippen molar-refractivity contribution in [2.24, 2.45) is 0 Å². The number of halogens is 1. The minimum atomic E-state index is -0.874. The number of aliphatic carboxylic acids is 1. The first kappa shape index (κ1) is 11.5. The predicted molar refractivity (Wildman–Crippen MR) is 71.9 cm³/mol. The van der Waals surface area contributed by atoms with Gasteiger partial charge < -0.3 is 10.2 Å². The van der Waals surface area contributed by atoms with Crippen LogP contribution < -0.4 is 0 Å². The van der Waals surface area contributed by atoms with Crippen molar-refractivity contribution in [2.75, 3.05) is 0 Å². The maximum absolute atomic E-state index is 11.3. The number of benzene rings is 2. The van der Waals surface area contributed by atoms with Crippen molar-refractivity contribution in [2.45, 2.75) is 18.3 Å². The van der Waals surface area contributed by atoms with Gasteiger partial charge in [0.15, 0.2) is 0 Å². The number of hydrogen-bond donors (Lipinski definition) is 2. The van der Waals surface area contributed by atoms with Gasteiger partial charge in [0.25, 0.3) is 0 Å². The number of carboxylic acid groups (broad SMARTS) is 1. The van der Waals surface area contributed by atoms with Gasteiger partial charge in [0.05, 0.1) is 5.41 Å². The van der Waals surface area contributed by atoms with Gasteiger partial charge >= 0.3 is 5.97 Å². The van der Waals surface area contributed by atoms with E-state index in [0.29, 0.717) is 18.4 Å². The molecule has 1 fully saturated rings. The Morgan fingerprint density at radius 1 is 1.17 bits per heavy atom. The molecule has 92 valence electrons. The highest BCUT2D eigenvalue weighted by Crippen LogP contribution is 2.52. The van der Waals surface area contributed by atoms with E-state index in [1.54, 1.807) is 12.1 Å². The molecular weight excluding hydrogens is 296 g/mol. The number of fused-ring (bicyclic) bond motifs is 1. The van der Waals surface area contributed by atoms with E-state index < -0.39 is 11.4 Å². The molecule has 0 heterocycles. The lowest BCUT2D eigenvalue weighted by Crippen LogP contribution is -2.19.